The average Bonchev–Trinajstić information content (AvgIpc) is 2.54. The number of nitrogens with zero attached hydrogens (tertiary/aromatic N) is 2. The summed E-state index contributed by atoms with van der Waals surface area (Å²) in [6, 6.07) is 0. The maximum absolute atomic E-state index is 11.1. The summed E-state index contributed by atoms with van der Waals surface area (Å²) in [7, 11) is 1.88. The summed E-state index contributed by atoms with van der Waals surface area (Å²) in [6.45, 7) is 5.99. The van der Waals surface area contributed by atoms with E-state index in [-0.39, 0.29) is 17.3 Å². The third kappa shape index (κ3) is 1.28. The van der Waals surface area contributed by atoms with Gasteiger partial charge in [0.25, 0.3) is 0 Å². The lowest BCUT2D eigenvalue weighted by Gasteiger charge is -2.01. The second-order valence-corrected chi connectivity index (χ2v) is 4.92. The predicted octanol–water partition coefficient (Wildman–Crippen LogP) is 1.55. The molecule has 1 aromatic rings. The standard InChI is InChI=1S/C11H16N2O2/c1-6-7(5-12-13(6)4)8-9(10(14)15)11(8,2)3/h5,8-9H,1-4H3,(H,14,15)/t8-,9+/m0/s1. The van der Waals surface area contributed by atoms with Crippen LogP contribution in [-0.2, 0) is 11.8 Å². The normalized spacial score (nSPS) is 27.7. The van der Waals surface area contributed by atoms with Gasteiger partial charge in [0, 0.05) is 18.7 Å². The molecule has 1 N–H and O–H groups in total. The molecule has 0 radical (unpaired) electrons. The number of carboxylic acid groups (broad SMARTS) is 1. The smallest absolute Gasteiger partial charge is 0.307 e. The topological polar surface area (TPSA) is 55.1 Å². The highest BCUT2D eigenvalue weighted by Crippen LogP contribution is 2.64. The van der Waals surface area contributed by atoms with E-state index in [0.717, 1.165) is 11.3 Å². The first kappa shape index (κ1) is 10.2. The van der Waals surface area contributed by atoms with Crippen LogP contribution in [0.1, 0.15) is 31.0 Å². The van der Waals surface area contributed by atoms with Crippen molar-refractivity contribution >= 4 is 5.97 Å². The van der Waals surface area contributed by atoms with E-state index in [2.05, 4.69) is 5.10 Å². The first-order chi connectivity index (χ1) is 6.87. The highest BCUT2D eigenvalue weighted by atomic mass is 16.4. The summed E-state index contributed by atoms with van der Waals surface area (Å²) >= 11 is 0. The average molecular weight is 208 g/mol. The van der Waals surface area contributed by atoms with Crippen LogP contribution in [0.2, 0.25) is 0 Å². The van der Waals surface area contributed by atoms with Crippen LogP contribution in [0.15, 0.2) is 6.20 Å². The zero-order chi connectivity index (χ0) is 11.4. The van der Waals surface area contributed by atoms with Gasteiger partial charge in [-0.3, -0.25) is 9.48 Å². The fraction of sp³-hybridized carbons (Fsp3) is 0.636. The molecule has 1 aliphatic carbocycles. The van der Waals surface area contributed by atoms with Crippen LogP contribution in [0.3, 0.4) is 0 Å². The van der Waals surface area contributed by atoms with Crippen LogP contribution in [0, 0.1) is 18.3 Å². The van der Waals surface area contributed by atoms with Crippen molar-refractivity contribution in [2.24, 2.45) is 18.4 Å². The first-order valence-corrected chi connectivity index (χ1v) is 5.08. The van der Waals surface area contributed by atoms with E-state index in [9.17, 15) is 4.79 Å². The van der Waals surface area contributed by atoms with Gasteiger partial charge in [-0.1, -0.05) is 13.8 Å². The summed E-state index contributed by atoms with van der Waals surface area (Å²) in [6.07, 6.45) is 1.80. The summed E-state index contributed by atoms with van der Waals surface area (Å²) < 4.78 is 1.79. The zero-order valence-electron chi connectivity index (χ0n) is 9.48. The highest BCUT2D eigenvalue weighted by molar-refractivity contribution is 5.77. The molecule has 4 heteroatoms. The lowest BCUT2D eigenvalue weighted by atomic mass is 10.0. The molecule has 0 bridgehead atoms. The SMILES string of the molecule is Cc1c([C@H]2[C@H](C(=O)O)C2(C)C)cnn1C. The Bertz CT molecular complexity index is 420. The van der Waals surface area contributed by atoms with Gasteiger partial charge in [-0.2, -0.15) is 5.10 Å². The minimum Gasteiger partial charge on any atom is -0.481 e. The number of rotatable bonds is 2. The van der Waals surface area contributed by atoms with Crippen molar-refractivity contribution in [3.8, 4) is 0 Å². The number of aromatic nitrogens is 2. The van der Waals surface area contributed by atoms with Crippen LogP contribution < -0.4 is 0 Å². The van der Waals surface area contributed by atoms with Gasteiger partial charge in [-0.15, -0.1) is 0 Å². The Morgan fingerprint density at radius 1 is 1.60 bits per heavy atom. The highest BCUT2D eigenvalue weighted by Gasteiger charge is 2.63. The molecule has 2 atom stereocenters. The predicted molar refractivity (Wildman–Crippen MR) is 55.6 cm³/mol. The molecular weight excluding hydrogens is 192 g/mol. The second-order valence-electron chi connectivity index (χ2n) is 4.92. The molecule has 1 aromatic heterocycles. The summed E-state index contributed by atoms with van der Waals surface area (Å²) in [5, 5.41) is 13.3. The van der Waals surface area contributed by atoms with Crippen LogP contribution in [0.4, 0.5) is 0 Å². The first-order valence-electron chi connectivity index (χ1n) is 5.08. The maximum Gasteiger partial charge on any atom is 0.307 e. The van der Waals surface area contributed by atoms with Crippen molar-refractivity contribution in [2.75, 3.05) is 0 Å². The number of hydrogen-bond acceptors (Lipinski definition) is 2. The van der Waals surface area contributed by atoms with Gasteiger partial charge in [0.1, 0.15) is 0 Å². The minimum absolute atomic E-state index is 0.115. The molecule has 0 aliphatic heterocycles. The largest absolute Gasteiger partial charge is 0.481 e. The third-order valence-corrected chi connectivity index (χ3v) is 3.70. The zero-order valence-corrected chi connectivity index (χ0v) is 9.48. The number of carboxylic acids is 1. The monoisotopic (exact) mass is 208 g/mol. The minimum atomic E-state index is -0.701. The number of hydrogen-bond donors (Lipinski definition) is 1. The molecule has 1 heterocycles. The quantitative estimate of drug-likeness (QED) is 0.802. The Morgan fingerprint density at radius 2 is 2.20 bits per heavy atom. The molecule has 0 amide bonds. The van der Waals surface area contributed by atoms with Gasteiger partial charge >= 0.3 is 5.97 Å². The molecule has 0 saturated heterocycles. The second kappa shape index (κ2) is 2.84. The van der Waals surface area contributed by atoms with Crippen molar-refractivity contribution in [3.05, 3.63) is 17.5 Å². The molecule has 1 aliphatic rings. The van der Waals surface area contributed by atoms with Crippen molar-refractivity contribution in [2.45, 2.75) is 26.7 Å². The van der Waals surface area contributed by atoms with Gasteiger partial charge in [0.2, 0.25) is 0 Å². The Morgan fingerprint density at radius 3 is 2.53 bits per heavy atom. The Labute approximate surface area is 88.9 Å². The van der Waals surface area contributed by atoms with E-state index in [1.807, 2.05) is 27.8 Å². The van der Waals surface area contributed by atoms with E-state index < -0.39 is 5.97 Å². The molecule has 15 heavy (non-hydrogen) atoms. The van der Waals surface area contributed by atoms with Crippen LogP contribution >= 0.6 is 0 Å². The molecular formula is C11H16N2O2. The van der Waals surface area contributed by atoms with Gasteiger partial charge < -0.3 is 5.11 Å². The lowest BCUT2D eigenvalue weighted by molar-refractivity contribution is -0.139. The van der Waals surface area contributed by atoms with Crippen molar-refractivity contribution in [1.82, 2.24) is 9.78 Å². The maximum atomic E-state index is 11.1. The molecule has 82 valence electrons. The summed E-state index contributed by atoms with van der Waals surface area (Å²) in [4.78, 5) is 11.1. The lowest BCUT2D eigenvalue weighted by Crippen LogP contribution is -2.03. The van der Waals surface area contributed by atoms with Crippen molar-refractivity contribution < 1.29 is 9.90 Å². The molecule has 0 spiro atoms. The molecule has 0 unspecified atom stereocenters. The van der Waals surface area contributed by atoms with E-state index >= 15 is 0 Å². The third-order valence-electron chi connectivity index (χ3n) is 3.70. The van der Waals surface area contributed by atoms with E-state index in [4.69, 9.17) is 5.11 Å². The number of carbonyl (C=O) groups is 1. The summed E-state index contributed by atoms with van der Waals surface area (Å²) in [5.74, 6) is -0.850. The molecule has 1 fully saturated rings. The Hall–Kier alpha value is -1.32. The van der Waals surface area contributed by atoms with Crippen molar-refractivity contribution in [1.29, 1.82) is 0 Å². The Balaban J connectivity index is 2.35. The van der Waals surface area contributed by atoms with Gasteiger partial charge in [0.05, 0.1) is 12.1 Å². The van der Waals surface area contributed by atoms with Gasteiger partial charge in [-0.25, -0.2) is 0 Å². The fourth-order valence-corrected chi connectivity index (χ4v) is 2.50. The van der Waals surface area contributed by atoms with Crippen molar-refractivity contribution in [3.63, 3.8) is 0 Å². The molecule has 2 rings (SSSR count). The molecule has 4 nitrogen and oxygen atoms in total. The number of aliphatic carboxylic acids is 1. The van der Waals surface area contributed by atoms with Crippen LogP contribution in [-0.4, -0.2) is 20.9 Å². The van der Waals surface area contributed by atoms with Gasteiger partial charge in [-0.05, 0) is 17.9 Å². The van der Waals surface area contributed by atoms with E-state index in [0.29, 0.717) is 0 Å². The van der Waals surface area contributed by atoms with E-state index in [1.165, 1.54) is 0 Å². The fourth-order valence-electron chi connectivity index (χ4n) is 2.50. The van der Waals surface area contributed by atoms with Crippen LogP contribution in [0.5, 0.6) is 0 Å². The molecule has 1 saturated carbocycles. The van der Waals surface area contributed by atoms with Crippen LogP contribution in [0.25, 0.3) is 0 Å². The van der Waals surface area contributed by atoms with Gasteiger partial charge in [0.15, 0.2) is 0 Å². The summed E-state index contributed by atoms with van der Waals surface area (Å²) in [5.41, 5.74) is 2.01. The molecule has 0 aromatic carbocycles. The van der Waals surface area contributed by atoms with E-state index in [1.54, 1.807) is 10.9 Å². The Kier molecular flexibility index (Phi) is 1.93. The number of aryl methyl sites for hydroxylation is 1.